The molecule has 1 saturated heterocycles. The molecule has 5 rings (SSSR count). The van der Waals surface area contributed by atoms with Gasteiger partial charge in [0.25, 0.3) is 0 Å². The van der Waals surface area contributed by atoms with E-state index < -0.39 is 0 Å². The normalized spacial score (nSPS) is 16.8. The quantitative estimate of drug-likeness (QED) is 0.600. The van der Waals surface area contributed by atoms with Crippen molar-refractivity contribution in [2.45, 2.75) is 25.7 Å². The van der Waals surface area contributed by atoms with E-state index in [1.54, 1.807) is 0 Å². The van der Waals surface area contributed by atoms with Gasteiger partial charge in [-0.2, -0.15) is 0 Å². The van der Waals surface area contributed by atoms with Crippen molar-refractivity contribution in [2.75, 3.05) is 36.9 Å². The minimum Gasteiger partial charge on any atom is -0.394 e. The minimum atomic E-state index is -0.0733. The van der Waals surface area contributed by atoms with Gasteiger partial charge in [0.1, 0.15) is 10.6 Å². The molecule has 150 valence electrons. The second-order valence-corrected chi connectivity index (χ2v) is 9.47. The van der Waals surface area contributed by atoms with Gasteiger partial charge in [-0.05, 0) is 54.5 Å². The predicted octanol–water partition coefficient (Wildman–Crippen LogP) is 4.38. The van der Waals surface area contributed by atoms with Crippen LogP contribution in [0, 0.1) is 0 Å². The molecule has 0 saturated carbocycles. The summed E-state index contributed by atoms with van der Waals surface area (Å²) in [7, 11) is 0. The fraction of sp³-hybridized carbons (Fsp3) is 0.364. The van der Waals surface area contributed by atoms with E-state index in [2.05, 4.69) is 20.8 Å². The summed E-state index contributed by atoms with van der Waals surface area (Å²) in [4.78, 5) is 22.3. The Balaban J connectivity index is 1.77. The Morgan fingerprint density at radius 1 is 1.07 bits per heavy atom. The zero-order chi connectivity index (χ0) is 20.0. The van der Waals surface area contributed by atoms with Gasteiger partial charge in [-0.3, -0.25) is 4.79 Å². The lowest BCUT2D eigenvalue weighted by molar-refractivity contribution is 0.122. The molecule has 1 aliphatic heterocycles. The maximum absolute atomic E-state index is 13.3. The highest BCUT2D eigenvalue weighted by Gasteiger charge is 2.26. The topological polar surface area (TPSA) is 68.4 Å². The van der Waals surface area contributed by atoms with Crippen molar-refractivity contribution in [3.05, 3.63) is 50.1 Å². The van der Waals surface area contributed by atoms with E-state index in [9.17, 15) is 4.79 Å². The summed E-state index contributed by atoms with van der Waals surface area (Å²) in [5.41, 5.74) is 9.98. The fourth-order valence-electron chi connectivity index (χ4n) is 4.33. The number of hydrogen-bond acceptors (Lipinski definition) is 6. The first-order valence-electron chi connectivity index (χ1n) is 10.00. The molecule has 2 aliphatic rings. The van der Waals surface area contributed by atoms with E-state index in [0.717, 1.165) is 88.5 Å². The van der Waals surface area contributed by atoms with E-state index >= 15 is 0 Å². The maximum Gasteiger partial charge on any atom is 0.213 e. The Bertz CT molecular complexity index is 1140. The van der Waals surface area contributed by atoms with E-state index in [1.807, 2.05) is 24.3 Å². The summed E-state index contributed by atoms with van der Waals surface area (Å²) in [6, 6.07) is 7.91. The van der Waals surface area contributed by atoms with Gasteiger partial charge in [0.2, 0.25) is 5.43 Å². The predicted molar refractivity (Wildman–Crippen MR) is 123 cm³/mol. The first-order chi connectivity index (χ1) is 14.1. The third-order valence-corrected chi connectivity index (χ3v) is 7.47. The van der Waals surface area contributed by atoms with E-state index in [4.69, 9.17) is 15.5 Å². The van der Waals surface area contributed by atoms with Gasteiger partial charge in [0.05, 0.1) is 29.2 Å². The largest absolute Gasteiger partial charge is 0.394 e. The van der Waals surface area contributed by atoms with E-state index in [-0.39, 0.29) is 5.43 Å². The van der Waals surface area contributed by atoms with Crippen molar-refractivity contribution in [1.82, 2.24) is 4.98 Å². The van der Waals surface area contributed by atoms with Gasteiger partial charge in [0.15, 0.2) is 0 Å². The number of aryl methyl sites for hydroxylation is 1. The number of morpholine rings is 1. The second kappa shape index (κ2) is 7.70. The molecule has 0 unspecified atom stereocenters. The number of halogens is 1. The van der Waals surface area contributed by atoms with Crippen LogP contribution in [-0.2, 0) is 17.6 Å². The second-order valence-electron chi connectivity index (χ2n) is 7.56. The number of hydrogen-bond donors (Lipinski definition) is 1. The van der Waals surface area contributed by atoms with Crippen LogP contribution < -0.4 is 16.1 Å². The summed E-state index contributed by atoms with van der Waals surface area (Å²) in [5.74, 6) is 1.04. The van der Waals surface area contributed by atoms with Crippen molar-refractivity contribution in [3.63, 3.8) is 0 Å². The number of nitrogen functional groups attached to an aromatic ring is 1. The molecule has 2 aromatic heterocycles. The molecule has 1 aromatic carbocycles. The maximum atomic E-state index is 13.3. The number of anilines is 2. The van der Waals surface area contributed by atoms with Crippen molar-refractivity contribution < 1.29 is 4.74 Å². The number of rotatable bonds is 2. The van der Waals surface area contributed by atoms with Crippen molar-refractivity contribution in [3.8, 4) is 10.4 Å². The zero-order valence-corrected chi connectivity index (χ0v) is 18.4. The highest BCUT2D eigenvalue weighted by molar-refractivity contribution is 9.10. The van der Waals surface area contributed by atoms with Gasteiger partial charge in [0, 0.05) is 17.6 Å². The summed E-state index contributed by atoms with van der Waals surface area (Å²) in [6.45, 7) is 3.12. The minimum absolute atomic E-state index is 0.0733. The summed E-state index contributed by atoms with van der Waals surface area (Å²) >= 11 is 5.00. The molecule has 7 heteroatoms. The average Bonchev–Trinajstić information content (AvgIpc) is 2.76. The fourth-order valence-corrected chi connectivity index (χ4v) is 5.69. The van der Waals surface area contributed by atoms with Crippen LogP contribution in [0.1, 0.15) is 24.0 Å². The van der Waals surface area contributed by atoms with Crippen LogP contribution in [0.2, 0.25) is 0 Å². The van der Waals surface area contributed by atoms with Gasteiger partial charge < -0.3 is 15.4 Å². The SMILES string of the molecule is Nc1c(-c2ccc(Br)cc2)sc2nc(N3CCOCC3)c3c(c2c1=O)CCCC3. The van der Waals surface area contributed by atoms with Crippen molar-refractivity contribution in [2.24, 2.45) is 0 Å². The van der Waals surface area contributed by atoms with E-state index in [1.165, 1.54) is 16.9 Å². The van der Waals surface area contributed by atoms with Gasteiger partial charge in [-0.15, -0.1) is 11.3 Å². The van der Waals surface area contributed by atoms with Gasteiger partial charge in [-0.1, -0.05) is 28.1 Å². The molecule has 1 aliphatic carbocycles. The van der Waals surface area contributed by atoms with Crippen LogP contribution in [0.5, 0.6) is 0 Å². The van der Waals surface area contributed by atoms with Crippen molar-refractivity contribution in [1.29, 1.82) is 0 Å². The van der Waals surface area contributed by atoms with Crippen LogP contribution in [0.25, 0.3) is 20.7 Å². The van der Waals surface area contributed by atoms with E-state index in [0.29, 0.717) is 5.69 Å². The Kier molecular flexibility index (Phi) is 5.05. The Morgan fingerprint density at radius 2 is 1.76 bits per heavy atom. The standard InChI is InChI=1S/C22H22BrN3O2S/c23-14-7-5-13(6-8-14)20-18(24)19(27)17-15-3-1-2-4-16(15)21(25-22(17)29-20)26-9-11-28-12-10-26/h5-8H,1-4,9-12,24H2. The molecular formula is C22H22BrN3O2S. The molecular weight excluding hydrogens is 450 g/mol. The van der Waals surface area contributed by atoms with Crippen LogP contribution in [0.4, 0.5) is 11.5 Å². The lowest BCUT2D eigenvalue weighted by Gasteiger charge is -2.32. The van der Waals surface area contributed by atoms with Gasteiger partial charge in [-0.25, -0.2) is 4.98 Å². The number of nitrogens with two attached hydrogens (primary N) is 1. The van der Waals surface area contributed by atoms with Crippen LogP contribution in [-0.4, -0.2) is 31.3 Å². The molecule has 3 aromatic rings. The third-order valence-electron chi connectivity index (χ3n) is 5.79. The number of fused-ring (bicyclic) bond motifs is 3. The molecule has 29 heavy (non-hydrogen) atoms. The summed E-state index contributed by atoms with van der Waals surface area (Å²) < 4.78 is 6.53. The molecule has 0 atom stereocenters. The zero-order valence-electron chi connectivity index (χ0n) is 16.0. The highest BCUT2D eigenvalue weighted by atomic mass is 79.9. The smallest absolute Gasteiger partial charge is 0.213 e. The van der Waals surface area contributed by atoms with Crippen LogP contribution in [0.3, 0.4) is 0 Å². The van der Waals surface area contributed by atoms with Crippen LogP contribution >= 0.6 is 27.3 Å². The number of aromatic nitrogens is 1. The lowest BCUT2D eigenvalue weighted by atomic mass is 9.89. The molecule has 5 nitrogen and oxygen atoms in total. The van der Waals surface area contributed by atoms with Crippen molar-refractivity contribution >= 4 is 49.0 Å². The number of nitrogens with zero attached hydrogens (tertiary/aromatic N) is 2. The summed E-state index contributed by atoms with van der Waals surface area (Å²) in [6.07, 6.45) is 4.14. The number of benzene rings is 1. The third kappa shape index (κ3) is 3.35. The number of pyridine rings is 1. The Labute approximate surface area is 181 Å². The molecule has 0 amide bonds. The molecule has 0 radical (unpaired) electrons. The molecule has 1 fully saturated rings. The molecule has 3 heterocycles. The summed E-state index contributed by atoms with van der Waals surface area (Å²) in [5, 5.41) is 0.736. The van der Waals surface area contributed by atoms with Crippen LogP contribution in [0.15, 0.2) is 33.5 Å². The molecule has 2 N–H and O–H groups in total. The first-order valence-corrected chi connectivity index (χ1v) is 11.6. The van der Waals surface area contributed by atoms with Gasteiger partial charge >= 0.3 is 0 Å². The average molecular weight is 472 g/mol. The Hall–Kier alpha value is -1.96. The highest BCUT2D eigenvalue weighted by Crippen LogP contribution is 2.39. The number of ether oxygens (including phenoxy) is 1. The Morgan fingerprint density at radius 3 is 2.48 bits per heavy atom. The lowest BCUT2D eigenvalue weighted by Crippen LogP contribution is -2.38. The monoisotopic (exact) mass is 471 g/mol. The molecule has 0 spiro atoms. The molecule has 0 bridgehead atoms. The first kappa shape index (κ1) is 19.0.